The number of nitrogens with zero attached hydrogens (tertiary/aromatic N) is 4. The summed E-state index contributed by atoms with van der Waals surface area (Å²) in [6.07, 6.45) is 5.23. The van der Waals surface area contributed by atoms with Gasteiger partial charge >= 0.3 is 4.34 Å². The summed E-state index contributed by atoms with van der Waals surface area (Å²) in [6, 6.07) is 9.95. The highest BCUT2D eigenvalue weighted by Crippen LogP contribution is 2.26. The Morgan fingerprint density at radius 1 is 1.23 bits per heavy atom. The summed E-state index contributed by atoms with van der Waals surface area (Å²) in [5.74, 6) is 0. The van der Waals surface area contributed by atoms with Crippen LogP contribution in [0.4, 0.5) is 0 Å². The molecule has 0 saturated heterocycles. The van der Waals surface area contributed by atoms with Gasteiger partial charge in [-0.1, -0.05) is 17.4 Å². The average molecular weight is 328 g/mol. The standard InChI is InChI=1S/C15H12N4OS2/c1-22(20)15-18-11-5-4-10(7-13(11)21-15)8-19-9-17-12-3-2-6-16-14(12)19/h2-7,9H,8H2,1H3. The van der Waals surface area contributed by atoms with Crippen molar-refractivity contribution < 1.29 is 4.55 Å². The molecule has 0 aliphatic heterocycles. The minimum absolute atomic E-state index is 0.668. The molecular weight excluding hydrogens is 316 g/mol. The van der Waals surface area contributed by atoms with Gasteiger partial charge in [0.15, 0.2) is 5.65 Å². The molecule has 0 fully saturated rings. The van der Waals surface area contributed by atoms with Gasteiger partial charge in [-0.05, 0) is 29.8 Å². The summed E-state index contributed by atoms with van der Waals surface area (Å²) in [4.78, 5) is 13.1. The van der Waals surface area contributed by atoms with E-state index >= 15 is 0 Å². The summed E-state index contributed by atoms with van der Waals surface area (Å²) >= 11 is 0.448. The van der Waals surface area contributed by atoms with Crippen molar-refractivity contribution in [2.75, 3.05) is 6.26 Å². The molecule has 5 nitrogen and oxygen atoms in total. The smallest absolute Gasteiger partial charge is 0.302 e. The normalized spacial score (nSPS) is 13.0. The molecule has 1 unspecified atom stereocenters. The van der Waals surface area contributed by atoms with Crippen LogP contribution in [0.1, 0.15) is 5.56 Å². The Morgan fingerprint density at radius 2 is 2.14 bits per heavy atom. The Hall–Kier alpha value is -1.96. The molecule has 3 aromatic heterocycles. The number of pyridine rings is 1. The molecule has 0 N–H and O–H groups in total. The van der Waals surface area contributed by atoms with E-state index < -0.39 is 11.2 Å². The number of aromatic nitrogens is 4. The SMILES string of the molecule is C[S+]([O-])c1nc2ccc(Cn3cnc4cccnc43)cc2s1. The van der Waals surface area contributed by atoms with Crippen molar-refractivity contribution in [1.29, 1.82) is 0 Å². The van der Waals surface area contributed by atoms with Gasteiger partial charge in [0.25, 0.3) is 0 Å². The first-order valence-corrected chi connectivity index (χ1v) is 9.07. The van der Waals surface area contributed by atoms with Crippen LogP contribution >= 0.6 is 11.3 Å². The van der Waals surface area contributed by atoms with E-state index in [0.717, 1.165) is 26.9 Å². The summed E-state index contributed by atoms with van der Waals surface area (Å²) in [7, 11) is 0. The first kappa shape index (κ1) is 13.7. The van der Waals surface area contributed by atoms with Crippen LogP contribution in [0, 0.1) is 0 Å². The van der Waals surface area contributed by atoms with Crippen LogP contribution in [0.3, 0.4) is 0 Å². The minimum atomic E-state index is -1.04. The molecular formula is C15H12N4OS2. The first-order chi connectivity index (χ1) is 10.7. The molecule has 7 heteroatoms. The van der Waals surface area contributed by atoms with Gasteiger partial charge in [-0.3, -0.25) is 0 Å². The Kier molecular flexibility index (Phi) is 3.33. The number of hydrogen-bond acceptors (Lipinski definition) is 5. The van der Waals surface area contributed by atoms with Crippen LogP contribution < -0.4 is 0 Å². The molecule has 1 aromatic carbocycles. The molecule has 4 aromatic rings. The Labute approximate surface area is 133 Å². The third-order valence-corrected chi connectivity index (χ3v) is 5.76. The predicted molar refractivity (Wildman–Crippen MR) is 88.6 cm³/mol. The van der Waals surface area contributed by atoms with E-state index in [2.05, 4.69) is 21.0 Å². The predicted octanol–water partition coefficient (Wildman–Crippen LogP) is 2.83. The Balaban J connectivity index is 1.72. The van der Waals surface area contributed by atoms with E-state index in [9.17, 15) is 4.55 Å². The topological polar surface area (TPSA) is 66.7 Å². The van der Waals surface area contributed by atoms with Gasteiger partial charge in [-0.2, -0.15) is 4.98 Å². The highest BCUT2D eigenvalue weighted by molar-refractivity contribution is 7.92. The van der Waals surface area contributed by atoms with E-state index in [-0.39, 0.29) is 0 Å². The average Bonchev–Trinajstić information content (AvgIpc) is 3.11. The van der Waals surface area contributed by atoms with Gasteiger partial charge in [-0.15, -0.1) is 0 Å². The largest absolute Gasteiger partial charge is 0.610 e. The summed E-state index contributed by atoms with van der Waals surface area (Å²) in [5.41, 5.74) is 3.81. The zero-order chi connectivity index (χ0) is 15.1. The number of thiazole rings is 1. The van der Waals surface area contributed by atoms with Gasteiger partial charge in [-0.25, -0.2) is 9.97 Å². The van der Waals surface area contributed by atoms with Crippen molar-refractivity contribution in [3.05, 3.63) is 48.4 Å². The fourth-order valence-corrected chi connectivity index (χ4v) is 4.11. The van der Waals surface area contributed by atoms with Crippen molar-refractivity contribution >= 4 is 43.9 Å². The van der Waals surface area contributed by atoms with Crippen LogP contribution in [0.5, 0.6) is 0 Å². The van der Waals surface area contributed by atoms with E-state index in [0.29, 0.717) is 10.9 Å². The number of benzene rings is 1. The minimum Gasteiger partial charge on any atom is -0.610 e. The lowest BCUT2D eigenvalue weighted by Gasteiger charge is -2.03. The number of hydrogen-bond donors (Lipinski definition) is 0. The van der Waals surface area contributed by atoms with Crippen molar-refractivity contribution in [3.63, 3.8) is 0 Å². The Bertz CT molecular complexity index is 960. The van der Waals surface area contributed by atoms with Crippen LogP contribution in [0.2, 0.25) is 0 Å². The summed E-state index contributed by atoms with van der Waals surface area (Å²) in [6.45, 7) is 0.700. The zero-order valence-electron chi connectivity index (χ0n) is 11.8. The lowest BCUT2D eigenvalue weighted by atomic mass is 10.2. The van der Waals surface area contributed by atoms with E-state index in [1.54, 1.807) is 18.8 Å². The van der Waals surface area contributed by atoms with Gasteiger partial charge < -0.3 is 9.12 Å². The maximum atomic E-state index is 11.5. The van der Waals surface area contributed by atoms with Crippen LogP contribution in [0.25, 0.3) is 21.4 Å². The second-order valence-corrected chi connectivity index (χ2v) is 7.54. The molecule has 0 aliphatic rings. The van der Waals surface area contributed by atoms with E-state index in [1.165, 1.54) is 11.3 Å². The number of rotatable bonds is 3. The molecule has 4 rings (SSSR count). The second kappa shape index (κ2) is 5.35. The molecule has 0 spiro atoms. The quantitative estimate of drug-likeness (QED) is 0.542. The van der Waals surface area contributed by atoms with Gasteiger partial charge in [0, 0.05) is 17.4 Å². The molecule has 0 amide bonds. The fraction of sp³-hybridized carbons (Fsp3) is 0.133. The van der Waals surface area contributed by atoms with Crippen molar-refractivity contribution in [1.82, 2.24) is 19.5 Å². The lowest BCUT2D eigenvalue weighted by Crippen LogP contribution is -1.98. The van der Waals surface area contributed by atoms with Gasteiger partial charge in [0.05, 0.1) is 23.1 Å². The maximum absolute atomic E-state index is 11.5. The number of imidazole rings is 1. The Morgan fingerprint density at radius 3 is 3.00 bits per heavy atom. The van der Waals surface area contributed by atoms with E-state index in [1.807, 2.05) is 28.8 Å². The molecule has 0 aliphatic carbocycles. The molecule has 3 heterocycles. The summed E-state index contributed by atoms with van der Waals surface area (Å²) < 4.78 is 15.3. The fourth-order valence-electron chi connectivity index (χ4n) is 2.38. The van der Waals surface area contributed by atoms with Gasteiger partial charge in [0.2, 0.25) is 0 Å². The lowest BCUT2D eigenvalue weighted by molar-refractivity contribution is 0.600. The molecule has 1 atom stereocenters. The van der Waals surface area contributed by atoms with Crippen LogP contribution in [-0.2, 0) is 17.7 Å². The number of fused-ring (bicyclic) bond motifs is 2. The van der Waals surface area contributed by atoms with Crippen LogP contribution in [0.15, 0.2) is 47.2 Å². The second-order valence-electron chi connectivity index (χ2n) is 4.95. The molecule has 110 valence electrons. The van der Waals surface area contributed by atoms with Crippen molar-refractivity contribution in [2.24, 2.45) is 0 Å². The first-order valence-electron chi connectivity index (χ1n) is 6.69. The third-order valence-electron chi connectivity index (χ3n) is 3.41. The monoisotopic (exact) mass is 328 g/mol. The van der Waals surface area contributed by atoms with E-state index in [4.69, 9.17) is 0 Å². The molecule has 0 saturated carbocycles. The molecule has 0 radical (unpaired) electrons. The van der Waals surface area contributed by atoms with Crippen LogP contribution in [-0.4, -0.2) is 30.3 Å². The van der Waals surface area contributed by atoms with Gasteiger partial charge in [0.1, 0.15) is 11.8 Å². The molecule has 22 heavy (non-hydrogen) atoms. The van der Waals surface area contributed by atoms with Crippen molar-refractivity contribution in [2.45, 2.75) is 10.9 Å². The third kappa shape index (κ3) is 2.37. The highest BCUT2D eigenvalue weighted by Gasteiger charge is 2.12. The maximum Gasteiger partial charge on any atom is 0.302 e. The summed E-state index contributed by atoms with van der Waals surface area (Å²) in [5, 5.41) is 0. The van der Waals surface area contributed by atoms with Crippen molar-refractivity contribution in [3.8, 4) is 0 Å². The zero-order valence-corrected chi connectivity index (χ0v) is 13.4. The molecule has 0 bridgehead atoms. The highest BCUT2D eigenvalue weighted by atomic mass is 32.2.